The highest BCUT2D eigenvalue weighted by atomic mass is 127. The maximum absolute atomic E-state index is 14.0. The smallest absolute Gasteiger partial charge is 0.194 e. The van der Waals surface area contributed by atoms with Gasteiger partial charge in [-0.05, 0) is 29.8 Å². The molecule has 2 aromatic rings. The number of methoxy groups -OCH3 is 1. The zero-order valence-corrected chi connectivity index (χ0v) is 18.3. The zero-order chi connectivity index (χ0) is 19.2. The fourth-order valence-corrected chi connectivity index (χ4v) is 3.20. The highest BCUT2D eigenvalue weighted by molar-refractivity contribution is 14.0. The van der Waals surface area contributed by atoms with Crippen molar-refractivity contribution in [3.05, 3.63) is 59.7 Å². The molecule has 28 heavy (non-hydrogen) atoms. The molecule has 0 spiro atoms. The molecule has 152 valence electrons. The number of benzene rings is 2. The Morgan fingerprint density at radius 1 is 1.07 bits per heavy atom. The summed E-state index contributed by atoms with van der Waals surface area (Å²) < 4.78 is 32.7. The van der Waals surface area contributed by atoms with Crippen molar-refractivity contribution in [2.75, 3.05) is 45.2 Å². The summed E-state index contributed by atoms with van der Waals surface area (Å²) in [5.74, 6) is 0.395. The number of ether oxygens (including phenoxy) is 1. The van der Waals surface area contributed by atoms with E-state index in [9.17, 15) is 8.78 Å². The molecule has 1 saturated heterocycles. The van der Waals surface area contributed by atoms with Crippen molar-refractivity contribution in [3.8, 4) is 5.75 Å². The fourth-order valence-electron chi connectivity index (χ4n) is 3.20. The molecule has 0 unspecified atom stereocenters. The molecule has 1 aliphatic rings. The number of piperazine rings is 1. The van der Waals surface area contributed by atoms with Gasteiger partial charge in [-0.1, -0.05) is 18.2 Å². The summed E-state index contributed by atoms with van der Waals surface area (Å²) in [6.45, 7) is 3.33. The van der Waals surface area contributed by atoms with E-state index in [4.69, 9.17) is 4.74 Å². The Kier molecular flexibility index (Phi) is 8.28. The van der Waals surface area contributed by atoms with Gasteiger partial charge in [-0.2, -0.15) is 0 Å². The van der Waals surface area contributed by atoms with Crippen molar-refractivity contribution >= 4 is 35.6 Å². The highest BCUT2D eigenvalue weighted by Crippen LogP contribution is 2.20. The number of nitrogens with one attached hydrogen (secondary N) is 1. The van der Waals surface area contributed by atoms with Gasteiger partial charge in [0.2, 0.25) is 0 Å². The van der Waals surface area contributed by atoms with E-state index < -0.39 is 0 Å². The lowest BCUT2D eigenvalue weighted by molar-refractivity contribution is 0.370. The number of nitrogens with zero attached hydrogens (tertiary/aromatic N) is 3. The lowest BCUT2D eigenvalue weighted by atomic mass is 10.2. The van der Waals surface area contributed by atoms with Crippen molar-refractivity contribution in [2.24, 2.45) is 4.99 Å². The van der Waals surface area contributed by atoms with Gasteiger partial charge in [0.05, 0.1) is 12.8 Å². The molecule has 2 aromatic carbocycles. The second kappa shape index (κ2) is 10.4. The van der Waals surface area contributed by atoms with E-state index in [1.54, 1.807) is 25.2 Å². The van der Waals surface area contributed by atoms with Crippen molar-refractivity contribution in [2.45, 2.75) is 6.54 Å². The van der Waals surface area contributed by atoms with Crippen LogP contribution in [0.1, 0.15) is 5.56 Å². The average molecular weight is 502 g/mol. The first-order valence-electron chi connectivity index (χ1n) is 8.90. The summed E-state index contributed by atoms with van der Waals surface area (Å²) in [6.07, 6.45) is 0. The first kappa shape index (κ1) is 22.2. The topological polar surface area (TPSA) is 40.1 Å². The molecule has 0 bridgehead atoms. The third-order valence-corrected chi connectivity index (χ3v) is 4.65. The van der Waals surface area contributed by atoms with Gasteiger partial charge >= 0.3 is 0 Å². The molecule has 1 N–H and O–H groups in total. The lowest BCUT2D eigenvalue weighted by Gasteiger charge is -2.37. The molecule has 0 saturated carbocycles. The van der Waals surface area contributed by atoms with Crippen LogP contribution in [0.25, 0.3) is 0 Å². The van der Waals surface area contributed by atoms with Gasteiger partial charge in [-0.3, -0.25) is 4.99 Å². The first-order valence-corrected chi connectivity index (χ1v) is 8.90. The summed E-state index contributed by atoms with van der Waals surface area (Å²) >= 11 is 0. The van der Waals surface area contributed by atoms with Crippen LogP contribution in [-0.2, 0) is 6.54 Å². The minimum atomic E-state index is -0.384. The van der Waals surface area contributed by atoms with E-state index in [1.807, 2.05) is 17.0 Å². The van der Waals surface area contributed by atoms with Crippen LogP contribution in [0.4, 0.5) is 14.5 Å². The predicted octanol–water partition coefficient (Wildman–Crippen LogP) is 3.49. The Bertz CT molecular complexity index is 811. The van der Waals surface area contributed by atoms with Gasteiger partial charge in [0.25, 0.3) is 0 Å². The quantitative estimate of drug-likeness (QED) is 0.395. The molecular formula is C20H25F2IN4O. The van der Waals surface area contributed by atoms with Crippen molar-refractivity contribution in [3.63, 3.8) is 0 Å². The van der Waals surface area contributed by atoms with Gasteiger partial charge < -0.3 is 19.9 Å². The number of hydrogen-bond acceptors (Lipinski definition) is 3. The van der Waals surface area contributed by atoms with Gasteiger partial charge in [0.1, 0.15) is 5.82 Å². The second-order valence-electron chi connectivity index (χ2n) is 6.30. The van der Waals surface area contributed by atoms with Crippen molar-refractivity contribution in [1.82, 2.24) is 10.2 Å². The average Bonchev–Trinajstić information content (AvgIpc) is 2.69. The Morgan fingerprint density at radius 3 is 2.39 bits per heavy atom. The minimum Gasteiger partial charge on any atom is -0.494 e. The van der Waals surface area contributed by atoms with E-state index in [-0.39, 0.29) is 41.4 Å². The first-order chi connectivity index (χ1) is 13.1. The Balaban J connectivity index is 0.00000280. The molecule has 0 aliphatic carbocycles. The van der Waals surface area contributed by atoms with Gasteiger partial charge in [-0.25, -0.2) is 8.78 Å². The van der Waals surface area contributed by atoms with E-state index in [0.29, 0.717) is 25.3 Å². The number of halogens is 3. The third-order valence-electron chi connectivity index (χ3n) is 4.65. The minimum absolute atomic E-state index is 0. The molecule has 0 amide bonds. The molecule has 0 atom stereocenters. The molecule has 0 radical (unpaired) electrons. The Morgan fingerprint density at radius 2 is 1.79 bits per heavy atom. The highest BCUT2D eigenvalue weighted by Gasteiger charge is 2.21. The maximum Gasteiger partial charge on any atom is 0.194 e. The number of guanidine groups is 1. The summed E-state index contributed by atoms with van der Waals surface area (Å²) in [6, 6.07) is 11.7. The SMILES string of the molecule is CN=C(NCc1ccc(OC)c(F)c1)N1CCN(c2ccccc2F)CC1.I. The molecular weight excluding hydrogens is 477 g/mol. The Hall–Kier alpha value is -2.10. The molecule has 0 aromatic heterocycles. The van der Waals surface area contributed by atoms with E-state index in [0.717, 1.165) is 24.6 Å². The number of anilines is 1. The van der Waals surface area contributed by atoms with Gasteiger partial charge in [0.15, 0.2) is 17.5 Å². The van der Waals surface area contributed by atoms with Gasteiger partial charge in [-0.15, -0.1) is 24.0 Å². The van der Waals surface area contributed by atoms with Crippen LogP contribution in [0.5, 0.6) is 5.75 Å². The maximum atomic E-state index is 14.0. The van der Waals surface area contributed by atoms with Crippen molar-refractivity contribution in [1.29, 1.82) is 0 Å². The third kappa shape index (κ3) is 5.24. The summed E-state index contributed by atoms with van der Waals surface area (Å²) in [7, 11) is 3.17. The molecule has 3 rings (SSSR count). The van der Waals surface area contributed by atoms with Crippen LogP contribution in [0.2, 0.25) is 0 Å². The summed E-state index contributed by atoms with van der Waals surface area (Å²) in [4.78, 5) is 8.48. The van der Waals surface area contributed by atoms with Crippen LogP contribution in [-0.4, -0.2) is 51.2 Å². The normalized spacial score (nSPS) is 14.5. The number of hydrogen-bond donors (Lipinski definition) is 1. The van der Waals surface area contributed by atoms with Crippen LogP contribution >= 0.6 is 24.0 Å². The summed E-state index contributed by atoms with van der Waals surface area (Å²) in [5.41, 5.74) is 1.44. The van der Waals surface area contributed by atoms with Gasteiger partial charge in [0, 0.05) is 39.8 Å². The van der Waals surface area contributed by atoms with E-state index in [1.165, 1.54) is 19.2 Å². The number of rotatable bonds is 4. The molecule has 1 fully saturated rings. The van der Waals surface area contributed by atoms with Crippen LogP contribution in [0.3, 0.4) is 0 Å². The van der Waals surface area contributed by atoms with Crippen molar-refractivity contribution < 1.29 is 13.5 Å². The van der Waals surface area contributed by atoms with E-state index >= 15 is 0 Å². The fraction of sp³-hybridized carbons (Fsp3) is 0.350. The van der Waals surface area contributed by atoms with Crippen LogP contribution in [0, 0.1) is 11.6 Å². The number of para-hydroxylation sites is 1. The largest absolute Gasteiger partial charge is 0.494 e. The zero-order valence-electron chi connectivity index (χ0n) is 16.0. The monoisotopic (exact) mass is 502 g/mol. The molecule has 8 heteroatoms. The summed E-state index contributed by atoms with van der Waals surface area (Å²) in [5, 5.41) is 3.26. The predicted molar refractivity (Wildman–Crippen MR) is 119 cm³/mol. The van der Waals surface area contributed by atoms with Crippen LogP contribution < -0.4 is 15.0 Å². The number of aliphatic imine (C=N–C) groups is 1. The Labute approximate surface area is 181 Å². The van der Waals surface area contributed by atoms with Crippen LogP contribution in [0.15, 0.2) is 47.5 Å². The molecule has 1 aliphatic heterocycles. The standard InChI is InChI=1S/C20H24F2N4O.HI/c1-23-20(24-14-15-7-8-19(27-2)17(22)13-15)26-11-9-25(10-12-26)18-6-4-3-5-16(18)21;/h3-8,13H,9-12,14H2,1-2H3,(H,23,24);1H. The molecule has 5 nitrogen and oxygen atoms in total. The van der Waals surface area contributed by atoms with E-state index in [2.05, 4.69) is 15.2 Å². The molecule has 1 heterocycles. The lowest BCUT2D eigenvalue weighted by Crippen LogP contribution is -2.52. The second-order valence-corrected chi connectivity index (χ2v) is 6.30.